The normalized spacial score (nSPS) is 14.7. The van der Waals surface area contributed by atoms with Crippen molar-refractivity contribution >= 4 is 21.6 Å². The predicted octanol–water partition coefficient (Wildman–Crippen LogP) is 2.43. The van der Waals surface area contributed by atoms with Crippen LogP contribution in [0.4, 0.5) is 5.69 Å². The van der Waals surface area contributed by atoms with Gasteiger partial charge in [-0.1, -0.05) is 12.1 Å². The molecule has 1 N–H and O–H groups in total. The van der Waals surface area contributed by atoms with Crippen LogP contribution in [0.15, 0.2) is 48.5 Å². The number of benzene rings is 2. The van der Waals surface area contributed by atoms with Crippen molar-refractivity contribution in [2.24, 2.45) is 0 Å². The third kappa shape index (κ3) is 7.64. The zero-order valence-electron chi connectivity index (χ0n) is 19.3. The third-order valence-corrected chi connectivity index (χ3v) is 7.36. The number of carbonyl (C=O) groups excluding carboxylic acids is 1. The lowest BCUT2D eigenvalue weighted by Crippen LogP contribution is -2.49. The topological polar surface area (TPSA) is 88.2 Å². The Morgan fingerprint density at radius 2 is 1.67 bits per heavy atom. The molecule has 0 radical (unpaired) electrons. The van der Waals surface area contributed by atoms with Crippen LogP contribution in [-0.2, 0) is 14.8 Å². The fourth-order valence-electron chi connectivity index (χ4n) is 3.66. The van der Waals surface area contributed by atoms with Crippen LogP contribution in [-0.4, -0.2) is 70.3 Å². The molecule has 180 valence electrons. The number of rotatable bonds is 11. The van der Waals surface area contributed by atoms with Gasteiger partial charge in [0.25, 0.3) is 5.91 Å². The van der Waals surface area contributed by atoms with E-state index in [4.69, 9.17) is 9.47 Å². The van der Waals surface area contributed by atoms with Gasteiger partial charge in [0.2, 0.25) is 10.0 Å². The van der Waals surface area contributed by atoms with Crippen molar-refractivity contribution in [3.8, 4) is 11.5 Å². The fourth-order valence-corrected chi connectivity index (χ4v) is 5.15. The number of aryl methyl sites for hydroxylation is 1. The minimum Gasteiger partial charge on any atom is -0.494 e. The molecule has 33 heavy (non-hydrogen) atoms. The number of ether oxygens (including phenoxy) is 2. The Balaban J connectivity index is 1.34. The molecule has 0 aliphatic carbocycles. The summed E-state index contributed by atoms with van der Waals surface area (Å²) in [6.45, 7) is 6.99. The summed E-state index contributed by atoms with van der Waals surface area (Å²) in [6.07, 6.45) is 0.356. The molecule has 1 aliphatic rings. The van der Waals surface area contributed by atoms with Crippen LogP contribution in [0.1, 0.15) is 18.9 Å². The summed E-state index contributed by atoms with van der Waals surface area (Å²) < 4.78 is 37.7. The van der Waals surface area contributed by atoms with Crippen molar-refractivity contribution in [1.82, 2.24) is 9.62 Å². The molecule has 9 heteroatoms. The van der Waals surface area contributed by atoms with Crippen LogP contribution in [0, 0.1) is 6.92 Å². The van der Waals surface area contributed by atoms with Gasteiger partial charge in [-0.05, 0) is 62.2 Å². The number of piperazine rings is 1. The lowest BCUT2D eigenvalue weighted by atomic mass is 10.2. The number of carbonyl (C=O) groups is 1. The second-order valence-corrected chi connectivity index (χ2v) is 10.0. The Morgan fingerprint density at radius 1 is 1.00 bits per heavy atom. The lowest BCUT2D eigenvalue weighted by molar-refractivity contribution is -0.123. The van der Waals surface area contributed by atoms with E-state index >= 15 is 0 Å². The van der Waals surface area contributed by atoms with E-state index in [9.17, 15) is 13.2 Å². The van der Waals surface area contributed by atoms with Crippen molar-refractivity contribution in [2.45, 2.75) is 20.3 Å². The number of hydrogen-bond donors (Lipinski definition) is 1. The molecule has 2 aromatic rings. The highest BCUT2D eigenvalue weighted by Crippen LogP contribution is 2.19. The molecule has 0 spiro atoms. The molecule has 8 nitrogen and oxygen atoms in total. The summed E-state index contributed by atoms with van der Waals surface area (Å²) in [7, 11) is -3.35. The Bertz CT molecular complexity index is 1000. The van der Waals surface area contributed by atoms with Gasteiger partial charge in [-0.2, -0.15) is 4.31 Å². The van der Waals surface area contributed by atoms with E-state index in [1.165, 1.54) is 5.56 Å². The maximum absolute atomic E-state index is 12.7. The van der Waals surface area contributed by atoms with Crippen LogP contribution < -0.4 is 19.7 Å². The average Bonchev–Trinajstić information content (AvgIpc) is 2.82. The van der Waals surface area contributed by atoms with E-state index < -0.39 is 10.0 Å². The Kier molecular flexibility index (Phi) is 8.96. The summed E-state index contributed by atoms with van der Waals surface area (Å²) in [4.78, 5) is 14.2. The van der Waals surface area contributed by atoms with Gasteiger partial charge in [0, 0.05) is 38.4 Å². The summed E-state index contributed by atoms with van der Waals surface area (Å²) >= 11 is 0. The van der Waals surface area contributed by atoms with Gasteiger partial charge < -0.3 is 19.7 Å². The van der Waals surface area contributed by atoms with Gasteiger partial charge in [0.15, 0.2) is 6.61 Å². The van der Waals surface area contributed by atoms with Crippen molar-refractivity contribution in [3.05, 3.63) is 54.1 Å². The van der Waals surface area contributed by atoms with Gasteiger partial charge in [-0.25, -0.2) is 8.42 Å². The van der Waals surface area contributed by atoms with E-state index in [0.717, 1.165) is 11.4 Å². The van der Waals surface area contributed by atoms with Crippen molar-refractivity contribution < 1.29 is 22.7 Å². The number of nitrogens with one attached hydrogen (secondary N) is 1. The standard InChI is InChI=1S/C24H33N3O5S/c1-3-31-22-8-10-23(11-9-22)32-19-24(28)25-12-5-17-33(29,30)27-15-13-26(14-16-27)21-7-4-6-20(2)18-21/h4,6-11,18H,3,5,12-17,19H2,1-2H3,(H,25,28). The highest BCUT2D eigenvalue weighted by Gasteiger charge is 2.26. The third-order valence-electron chi connectivity index (χ3n) is 5.40. The number of sulfonamides is 1. The Labute approximate surface area is 196 Å². The molecule has 1 saturated heterocycles. The predicted molar refractivity (Wildman–Crippen MR) is 129 cm³/mol. The molecule has 1 heterocycles. The summed E-state index contributed by atoms with van der Waals surface area (Å²) in [5.74, 6) is 1.04. The van der Waals surface area contributed by atoms with E-state index in [2.05, 4.69) is 35.3 Å². The maximum Gasteiger partial charge on any atom is 0.257 e. The maximum atomic E-state index is 12.7. The molecule has 1 fully saturated rings. The lowest BCUT2D eigenvalue weighted by Gasteiger charge is -2.35. The molecule has 0 atom stereocenters. The molecule has 0 saturated carbocycles. The molecule has 1 amide bonds. The van der Waals surface area contributed by atoms with Gasteiger partial charge in [-0.15, -0.1) is 0 Å². The van der Waals surface area contributed by atoms with Gasteiger partial charge >= 0.3 is 0 Å². The van der Waals surface area contributed by atoms with Crippen LogP contribution in [0.2, 0.25) is 0 Å². The van der Waals surface area contributed by atoms with Crippen LogP contribution in [0.25, 0.3) is 0 Å². The Morgan fingerprint density at radius 3 is 2.30 bits per heavy atom. The van der Waals surface area contributed by atoms with Gasteiger partial charge in [0.05, 0.1) is 12.4 Å². The molecular weight excluding hydrogens is 442 g/mol. The van der Waals surface area contributed by atoms with Crippen molar-refractivity contribution in [2.75, 3.05) is 56.6 Å². The van der Waals surface area contributed by atoms with Crippen LogP contribution in [0.3, 0.4) is 0 Å². The SMILES string of the molecule is CCOc1ccc(OCC(=O)NCCCS(=O)(=O)N2CCN(c3cccc(C)c3)CC2)cc1. The summed E-state index contributed by atoms with van der Waals surface area (Å²) in [5.41, 5.74) is 2.32. The van der Waals surface area contributed by atoms with E-state index in [1.807, 2.05) is 13.0 Å². The zero-order chi connectivity index (χ0) is 23.7. The largest absolute Gasteiger partial charge is 0.494 e. The molecule has 0 aromatic heterocycles. The first-order valence-corrected chi connectivity index (χ1v) is 12.9. The number of amides is 1. The van der Waals surface area contributed by atoms with Gasteiger partial charge in [-0.3, -0.25) is 4.79 Å². The first-order chi connectivity index (χ1) is 15.9. The summed E-state index contributed by atoms with van der Waals surface area (Å²) in [6, 6.07) is 15.3. The van der Waals surface area contributed by atoms with E-state index in [-0.39, 0.29) is 24.8 Å². The number of nitrogens with zero attached hydrogens (tertiary/aromatic N) is 2. The van der Waals surface area contributed by atoms with Gasteiger partial charge in [0.1, 0.15) is 11.5 Å². The second kappa shape index (κ2) is 11.9. The monoisotopic (exact) mass is 475 g/mol. The Hall–Kier alpha value is -2.78. The van der Waals surface area contributed by atoms with Crippen LogP contribution in [0.5, 0.6) is 11.5 Å². The fraction of sp³-hybridized carbons (Fsp3) is 0.458. The minimum absolute atomic E-state index is 0.0114. The molecular formula is C24H33N3O5S. The molecule has 3 rings (SSSR count). The highest BCUT2D eigenvalue weighted by atomic mass is 32.2. The van der Waals surface area contributed by atoms with Crippen LogP contribution >= 0.6 is 0 Å². The number of hydrogen-bond acceptors (Lipinski definition) is 6. The zero-order valence-corrected chi connectivity index (χ0v) is 20.1. The first kappa shape index (κ1) is 24.9. The van der Waals surface area contributed by atoms with Crippen molar-refractivity contribution in [1.29, 1.82) is 0 Å². The highest BCUT2D eigenvalue weighted by molar-refractivity contribution is 7.89. The quantitative estimate of drug-likeness (QED) is 0.502. The first-order valence-electron chi connectivity index (χ1n) is 11.3. The van der Waals surface area contributed by atoms with Crippen molar-refractivity contribution in [3.63, 3.8) is 0 Å². The average molecular weight is 476 g/mol. The molecule has 1 aliphatic heterocycles. The molecule has 2 aromatic carbocycles. The smallest absolute Gasteiger partial charge is 0.257 e. The number of anilines is 1. The molecule has 0 unspecified atom stereocenters. The van der Waals surface area contributed by atoms with E-state index in [1.54, 1.807) is 28.6 Å². The van der Waals surface area contributed by atoms with E-state index in [0.29, 0.717) is 45.0 Å². The minimum atomic E-state index is -3.35. The summed E-state index contributed by atoms with van der Waals surface area (Å²) in [5, 5.41) is 2.71. The molecule has 0 bridgehead atoms. The second-order valence-electron chi connectivity index (χ2n) is 7.94.